The highest BCUT2D eigenvalue weighted by Gasteiger charge is 2.15. The average Bonchev–Trinajstić information content (AvgIpc) is 2.80. The van der Waals surface area contributed by atoms with Gasteiger partial charge in [-0.25, -0.2) is 0 Å². The largest absolute Gasteiger partial charge is 0.486 e. The number of rotatable bonds is 7. The Hall–Kier alpha value is -3.57. The van der Waals surface area contributed by atoms with Gasteiger partial charge in [-0.2, -0.15) is 5.26 Å². The standard InChI is InChI=1S/C24H16Cl3N3O4/c1-14-19(25)6-3-7-22(14)29-24(31)17(12-28)8-16-10-20(26)23(21(27)11-16)34-13-15-4-2-5-18(9-15)30(32)33/h2-11H,13H2,1H3,(H,29,31)/b17-8-. The predicted octanol–water partition coefficient (Wildman–Crippen LogP) is 6.99. The van der Waals surface area contributed by atoms with Gasteiger partial charge < -0.3 is 10.1 Å². The summed E-state index contributed by atoms with van der Waals surface area (Å²) in [6, 6.07) is 15.9. The summed E-state index contributed by atoms with van der Waals surface area (Å²) in [5.74, 6) is -0.449. The molecule has 172 valence electrons. The first kappa shape index (κ1) is 25.1. The third-order valence-corrected chi connectivity index (χ3v) is 5.69. The van der Waals surface area contributed by atoms with Gasteiger partial charge in [-0.1, -0.05) is 53.0 Å². The Bertz CT molecular complexity index is 1330. The molecule has 0 aliphatic heterocycles. The zero-order chi connectivity index (χ0) is 24.8. The number of nitrogens with zero attached hydrogens (tertiary/aromatic N) is 2. The monoisotopic (exact) mass is 515 g/mol. The van der Waals surface area contributed by atoms with Gasteiger partial charge in [0.15, 0.2) is 5.75 Å². The van der Waals surface area contributed by atoms with Crippen molar-refractivity contribution in [1.29, 1.82) is 5.26 Å². The maximum Gasteiger partial charge on any atom is 0.269 e. The molecule has 34 heavy (non-hydrogen) atoms. The Morgan fingerprint density at radius 2 is 1.79 bits per heavy atom. The van der Waals surface area contributed by atoms with E-state index in [-0.39, 0.29) is 33.7 Å². The number of nitrogens with one attached hydrogen (secondary N) is 1. The fourth-order valence-electron chi connectivity index (χ4n) is 2.96. The number of halogens is 3. The fraction of sp³-hybridized carbons (Fsp3) is 0.0833. The molecular formula is C24H16Cl3N3O4. The molecule has 0 radical (unpaired) electrons. The number of nitriles is 1. The SMILES string of the molecule is Cc1c(Cl)cccc1NC(=O)/C(C#N)=C\c1cc(Cl)c(OCc2cccc([N+](=O)[O-])c2)c(Cl)c1. The Morgan fingerprint density at radius 3 is 2.44 bits per heavy atom. The zero-order valence-corrected chi connectivity index (χ0v) is 19.9. The number of ether oxygens (including phenoxy) is 1. The number of hydrogen-bond donors (Lipinski definition) is 1. The number of nitro groups is 1. The molecule has 1 amide bonds. The molecule has 0 aliphatic carbocycles. The van der Waals surface area contributed by atoms with Gasteiger partial charge in [0.1, 0.15) is 18.2 Å². The van der Waals surface area contributed by atoms with Crippen LogP contribution in [0.1, 0.15) is 16.7 Å². The number of anilines is 1. The molecule has 1 N–H and O–H groups in total. The van der Waals surface area contributed by atoms with E-state index in [2.05, 4.69) is 5.32 Å². The van der Waals surface area contributed by atoms with Crippen molar-refractivity contribution in [2.45, 2.75) is 13.5 Å². The van der Waals surface area contributed by atoms with Gasteiger partial charge in [0, 0.05) is 22.8 Å². The lowest BCUT2D eigenvalue weighted by Gasteiger charge is -2.12. The molecule has 0 saturated heterocycles. The number of carbonyl (C=O) groups is 1. The molecule has 0 heterocycles. The van der Waals surface area contributed by atoms with E-state index >= 15 is 0 Å². The van der Waals surface area contributed by atoms with Gasteiger partial charge in [-0.15, -0.1) is 0 Å². The van der Waals surface area contributed by atoms with E-state index in [4.69, 9.17) is 39.5 Å². The highest BCUT2D eigenvalue weighted by molar-refractivity contribution is 6.37. The van der Waals surface area contributed by atoms with Gasteiger partial charge in [-0.05, 0) is 54.0 Å². The Balaban J connectivity index is 1.79. The highest BCUT2D eigenvalue weighted by Crippen LogP contribution is 2.35. The maximum absolute atomic E-state index is 12.6. The van der Waals surface area contributed by atoms with Crippen LogP contribution in [0.2, 0.25) is 15.1 Å². The second kappa shape index (κ2) is 11.0. The first-order valence-electron chi connectivity index (χ1n) is 9.73. The minimum absolute atomic E-state index is 0.00113. The smallest absolute Gasteiger partial charge is 0.269 e. The maximum atomic E-state index is 12.6. The number of non-ortho nitro benzene ring substituents is 1. The summed E-state index contributed by atoms with van der Waals surface area (Å²) >= 11 is 18.7. The van der Waals surface area contributed by atoms with Crippen LogP contribution in [0.3, 0.4) is 0 Å². The third kappa shape index (κ3) is 6.06. The van der Waals surface area contributed by atoms with Crippen molar-refractivity contribution in [1.82, 2.24) is 0 Å². The van der Waals surface area contributed by atoms with Gasteiger partial charge in [0.05, 0.1) is 15.0 Å². The van der Waals surface area contributed by atoms with Crippen LogP contribution in [0, 0.1) is 28.4 Å². The number of benzene rings is 3. The molecular weight excluding hydrogens is 501 g/mol. The Morgan fingerprint density at radius 1 is 1.12 bits per heavy atom. The van der Waals surface area contributed by atoms with Crippen molar-refractivity contribution < 1.29 is 14.5 Å². The normalized spacial score (nSPS) is 11.0. The quantitative estimate of drug-likeness (QED) is 0.158. The molecule has 0 unspecified atom stereocenters. The van der Waals surface area contributed by atoms with Gasteiger partial charge >= 0.3 is 0 Å². The Labute approximate surface area is 210 Å². The van der Waals surface area contributed by atoms with Gasteiger partial charge in [0.25, 0.3) is 11.6 Å². The van der Waals surface area contributed by atoms with E-state index in [1.165, 1.54) is 30.3 Å². The van der Waals surface area contributed by atoms with E-state index in [9.17, 15) is 20.2 Å². The fourth-order valence-corrected chi connectivity index (χ4v) is 3.75. The summed E-state index contributed by atoms with van der Waals surface area (Å²) in [6.07, 6.45) is 1.34. The second-order valence-corrected chi connectivity index (χ2v) is 8.29. The molecule has 0 aliphatic rings. The molecule has 3 rings (SSSR count). The summed E-state index contributed by atoms with van der Waals surface area (Å²) in [5, 5.41) is 23.8. The van der Waals surface area contributed by atoms with Crippen molar-refractivity contribution in [2.24, 2.45) is 0 Å². The molecule has 0 fully saturated rings. The van der Waals surface area contributed by atoms with Crippen molar-refractivity contribution in [3.8, 4) is 11.8 Å². The van der Waals surface area contributed by atoms with Crippen LogP contribution in [-0.2, 0) is 11.4 Å². The van der Waals surface area contributed by atoms with E-state index < -0.39 is 10.8 Å². The average molecular weight is 517 g/mol. The van der Waals surface area contributed by atoms with Crippen LogP contribution in [-0.4, -0.2) is 10.8 Å². The summed E-state index contributed by atoms with van der Waals surface area (Å²) in [5.41, 5.74) is 1.90. The molecule has 0 saturated carbocycles. The highest BCUT2D eigenvalue weighted by atomic mass is 35.5. The first-order valence-corrected chi connectivity index (χ1v) is 10.9. The molecule has 0 aromatic heterocycles. The lowest BCUT2D eigenvalue weighted by atomic mass is 10.1. The van der Waals surface area contributed by atoms with Crippen LogP contribution < -0.4 is 10.1 Å². The molecule has 10 heteroatoms. The van der Waals surface area contributed by atoms with Gasteiger partial charge in [0.2, 0.25) is 0 Å². The van der Waals surface area contributed by atoms with E-state index in [0.717, 1.165) is 0 Å². The minimum atomic E-state index is -0.619. The van der Waals surface area contributed by atoms with Crippen molar-refractivity contribution >= 4 is 58.2 Å². The topological polar surface area (TPSA) is 105 Å². The number of amides is 1. The zero-order valence-electron chi connectivity index (χ0n) is 17.6. The summed E-state index contributed by atoms with van der Waals surface area (Å²) in [4.78, 5) is 23.0. The summed E-state index contributed by atoms with van der Waals surface area (Å²) in [7, 11) is 0. The van der Waals surface area contributed by atoms with Crippen LogP contribution in [0.4, 0.5) is 11.4 Å². The molecule has 3 aromatic rings. The van der Waals surface area contributed by atoms with Crippen LogP contribution in [0.25, 0.3) is 6.08 Å². The lowest BCUT2D eigenvalue weighted by Crippen LogP contribution is -2.14. The molecule has 0 atom stereocenters. The Kier molecular flexibility index (Phi) is 8.13. The van der Waals surface area contributed by atoms with Gasteiger partial charge in [-0.3, -0.25) is 14.9 Å². The number of hydrogen-bond acceptors (Lipinski definition) is 5. The lowest BCUT2D eigenvalue weighted by molar-refractivity contribution is -0.384. The molecule has 0 spiro atoms. The minimum Gasteiger partial charge on any atom is -0.486 e. The van der Waals surface area contributed by atoms with Crippen molar-refractivity contribution in [3.05, 3.63) is 102 Å². The number of carbonyl (C=O) groups excluding carboxylic acids is 1. The van der Waals surface area contributed by atoms with E-state index in [0.29, 0.717) is 27.4 Å². The van der Waals surface area contributed by atoms with E-state index in [1.807, 2.05) is 6.07 Å². The molecule has 3 aromatic carbocycles. The van der Waals surface area contributed by atoms with Crippen molar-refractivity contribution in [2.75, 3.05) is 5.32 Å². The summed E-state index contributed by atoms with van der Waals surface area (Å²) in [6.45, 7) is 1.75. The molecule has 7 nitrogen and oxygen atoms in total. The van der Waals surface area contributed by atoms with Crippen molar-refractivity contribution in [3.63, 3.8) is 0 Å². The van der Waals surface area contributed by atoms with Crippen LogP contribution >= 0.6 is 34.8 Å². The van der Waals surface area contributed by atoms with Crippen LogP contribution in [0.15, 0.2) is 60.2 Å². The van der Waals surface area contributed by atoms with Crippen LogP contribution in [0.5, 0.6) is 5.75 Å². The predicted molar refractivity (Wildman–Crippen MR) is 132 cm³/mol. The van der Waals surface area contributed by atoms with E-state index in [1.54, 1.807) is 37.3 Å². The molecule has 0 bridgehead atoms. The summed E-state index contributed by atoms with van der Waals surface area (Å²) < 4.78 is 5.66. The third-order valence-electron chi connectivity index (χ3n) is 4.72. The first-order chi connectivity index (χ1) is 16.2. The number of nitro benzene ring substituents is 1. The second-order valence-electron chi connectivity index (χ2n) is 7.07.